The third kappa shape index (κ3) is 6.57. The van der Waals surface area contributed by atoms with Crippen LogP contribution in [-0.4, -0.2) is 19.1 Å². The summed E-state index contributed by atoms with van der Waals surface area (Å²) in [6.07, 6.45) is 0. The van der Waals surface area contributed by atoms with Gasteiger partial charge in [-0.25, -0.2) is 0 Å². The predicted octanol–water partition coefficient (Wildman–Crippen LogP) is 4.38. The minimum atomic E-state index is -0.238. The number of ether oxygens (including phenoxy) is 3. The first-order valence-corrected chi connectivity index (χ1v) is 9.45. The highest BCUT2D eigenvalue weighted by molar-refractivity contribution is 5.77. The maximum atomic E-state index is 12.0. The molecule has 0 heterocycles. The SMILES string of the molecule is Cc1ccc(Oc2ccc(OCC(=O)NCc3cccc(OCC#N)c3)cc2)cc1. The molecule has 0 aliphatic rings. The Labute approximate surface area is 175 Å². The molecule has 0 spiro atoms. The van der Waals surface area contributed by atoms with Crippen LogP contribution in [0.1, 0.15) is 11.1 Å². The van der Waals surface area contributed by atoms with Crippen LogP contribution in [0, 0.1) is 18.3 Å². The highest BCUT2D eigenvalue weighted by Crippen LogP contribution is 2.24. The Hall–Kier alpha value is -3.98. The van der Waals surface area contributed by atoms with Gasteiger partial charge >= 0.3 is 0 Å². The number of carbonyl (C=O) groups excluding carboxylic acids is 1. The highest BCUT2D eigenvalue weighted by Gasteiger charge is 2.05. The van der Waals surface area contributed by atoms with Crippen molar-refractivity contribution in [3.05, 3.63) is 83.9 Å². The van der Waals surface area contributed by atoms with Crippen molar-refractivity contribution in [3.8, 4) is 29.1 Å². The fraction of sp³-hybridized carbons (Fsp3) is 0.167. The van der Waals surface area contributed by atoms with Crippen molar-refractivity contribution >= 4 is 5.91 Å². The van der Waals surface area contributed by atoms with Gasteiger partial charge in [0.15, 0.2) is 13.2 Å². The molecule has 0 radical (unpaired) electrons. The van der Waals surface area contributed by atoms with Gasteiger partial charge in [0.05, 0.1) is 0 Å². The lowest BCUT2D eigenvalue weighted by molar-refractivity contribution is -0.123. The van der Waals surface area contributed by atoms with Gasteiger partial charge in [-0.05, 0) is 61.0 Å². The first kappa shape index (κ1) is 20.7. The van der Waals surface area contributed by atoms with E-state index in [0.717, 1.165) is 11.3 Å². The van der Waals surface area contributed by atoms with E-state index in [1.807, 2.05) is 49.4 Å². The van der Waals surface area contributed by atoms with E-state index in [0.29, 0.717) is 23.8 Å². The van der Waals surface area contributed by atoms with Crippen molar-refractivity contribution in [3.63, 3.8) is 0 Å². The molecule has 0 saturated heterocycles. The largest absolute Gasteiger partial charge is 0.484 e. The second-order valence-corrected chi connectivity index (χ2v) is 6.55. The van der Waals surface area contributed by atoms with Crippen LogP contribution in [0.25, 0.3) is 0 Å². The second kappa shape index (κ2) is 10.5. The summed E-state index contributed by atoms with van der Waals surface area (Å²) in [5, 5.41) is 11.4. The molecule has 0 aromatic heterocycles. The molecule has 0 unspecified atom stereocenters. The summed E-state index contributed by atoms with van der Waals surface area (Å²) < 4.78 is 16.5. The van der Waals surface area contributed by atoms with Gasteiger partial charge in [0.1, 0.15) is 29.1 Å². The molecule has 1 amide bonds. The Balaban J connectivity index is 1.43. The lowest BCUT2D eigenvalue weighted by atomic mass is 10.2. The Bertz CT molecular complexity index is 1010. The molecule has 0 aliphatic carbocycles. The molecule has 3 aromatic rings. The van der Waals surface area contributed by atoms with Crippen LogP contribution < -0.4 is 19.5 Å². The maximum Gasteiger partial charge on any atom is 0.258 e. The Morgan fingerprint density at radius 3 is 2.27 bits per heavy atom. The van der Waals surface area contributed by atoms with Gasteiger partial charge in [0, 0.05) is 6.54 Å². The van der Waals surface area contributed by atoms with E-state index in [2.05, 4.69) is 5.32 Å². The van der Waals surface area contributed by atoms with Crippen LogP contribution in [0.4, 0.5) is 0 Å². The molecule has 0 aliphatic heterocycles. The summed E-state index contributed by atoms with van der Waals surface area (Å²) in [5.41, 5.74) is 2.04. The minimum Gasteiger partial charge on any atom is -0.484 e. The number of hydrogen-bond donors (Lipinski definition) is 1. The fourth-order valence-electron chi connectivity index (χ4n) is 2.61. The number of nitrogens with one attached hydrogen (secondary N) is 1. The van der Waals surface area contributed by atoms with Crippen molar-refractivity contribution in [1.82, 2.24) is 5.32 Å². The van der Waals surface area contributed by atoms with Crippen LogP contribution >= 0.6 is 0 Å². The topological polar surface area (TPSA) is 80.6 Å². The molecule has 6 nitrogen and oxygen atoms in total. The Kier molecular flexibility index (Phi) is 7.28. The molecular formula is C24H22N2O4. The molecule has 0 bridgehead atoms. The molecule has 3 rings (SSSR count). The molecule has 0 saturated carbocycles. The molecule has 0 fully saturated rings. The van der Waals surface area contributed by atoms with Gasteiger partial charge in [0.25, 0.3) is 5.91 Å². The second-order valence-electron chi connectivity index (χ2n) is 6.55. The van der Waals surface area contributed by atoms with Crippen molar-refractivity contribution in [2.24, 2.45) is 0 Å². The number of benzene rings is 3. The molecule has 6 heteroatoms. The third-order valence-electron chi connectivity index (χ3n) is 4.14. The monoisotopic (exact) mass is 402 g/mol. The summed E-state index contributed by atoms with van der Waals surface area (Å²) in [6, 6.07) is 24.0. The van der Waals surface area contributed by atoms with Gasteiger partial charge < -0.3 is 19.5 Å². The van der Waals surface area contributed by atoms with Crippen LogP contribution in [0.15, 0.2) is 72.8 Å². The average molecular weight is 402 g/mol. The minimum absolute atomic E-state index is 0.0154. The van der Waals surface area contributed by atoms with E-state index < -0.39 is 0 Å². The average Bonchev–Trinajstić information content (AvgIpc) is 2.77. The zero-order chi connectivity index (χ0) is 21.2. The van der Waals surface area contributed by atoms with E-state index in [-0.39, 0.29) is 19.1 Å². The Morgan fingerprint density at radius 1 is 0.900 bits per heavy atom. The van der Waals surface area contributed by atoms with E-state index in [1.54, 1.807) is 36.4 Å². The van der Waals surface area contributed by atoms with Crippen molar-refractivity contribution in [1.29, 1.82) is 5.26 Å². The standard InChI is InChI=1S/C24H22N2O4/c1-18-5-7-21(8-6-18)30-22-11-9-20(10-12-22)29-17-24(27)26-16-19-3-2-4-23(15-19)28-14-13-25/h2-12,15H,14,16-17H2,1H3,(H,26,27). The van der Waals surface area contributed by atoms with Crippen LogP contribution in [0.2, 0.25) is 0 Å². The van der Waals surface area contributed by atoms with Crippen molar-refractivity contribution < 1.29 is 19.0 Å². The fourth-order valence-corrected chi connectivity index (χ4v) is 2.61. The van der Waals surface area contributed by atoms with Crippen LogP contribution in [-0.2, 0) is 11.3 Å². The van der Waals surface area contributed by atoms with Gasteiger partial charge in [-0.3, -0.25) is 4.79 Å². The van der Waals surface area contributed by atoms with Gasteiger partial charge in [-0.2, -0.15) is 5.26 Å². The van der Waals surface area contributed by atoms with E-state index in [1.165, 1.54) is 5.56 Å². The number of aryl methyl sites for hydroxylation is 1. The lowest BCUT2D eigenvalue weighted by Crippen LogP contribution is -2.28. The smallest absolute Gasteiger partial charge is 0.258 e. The zero-order valence-electron chi connectivity index (χ0n) is 16.6. The summed E-state index contributed by atoms with van der Waals surface area (Å²) in [5.74, 6) is 2.38. The van der Waals surface area contributed by atoms with Crippen molar-refractivity contribution in [2.45, 2.75) is 13.5 Å². The number of rotatable bonds is 9. The van der Waals surface area contributed by atoms with E-state index in [9.17, 15) is 4.79 Å². The van der Waals surface area contributed by atoms with Gasteiger partial charge in [-0.15, -0.1) is 0 Å². The molecular weight excluding hydrogens is 380 g/mol. The van der Waals surface area contributed by atoms with Crippen LogP contribution in [0.5, 0.6) is 23.0 Å². The summed E-state index contributed by atoms with van der Waals surface area (Å²) in [7, 11) is 0. The predicted molar refractivity (Wildman–Crippen MR) is 113 cm³/mol. The number of hydrogen-bond acceptors (Lipinski definition) is 5. The number of carbonyl (C=O) groups is 1. The molecule has 30 heavy (non-hydrogen) atoms. The van der Waals surface area contributed by atoms with E-state index in [4.69, 9.17) is 19.5 Å². The molecule has 152 valence electrons. The first-order chi connectivity index (χ1) is 14.6. The summed E-state index contributed by atoms with van der Waals surface area (Å²) in [4.78, 5) is 12.0. The number of nitriles is 1. The van der Waals surface area contributed by atoms with Crippen LogP contribution in [0.3, 0.4) is 0 Å². The summed E-state index contributed by atoms with van der Waals surface area (Å²) >= 11 is 0. The lowest BCUT2D eigenvalue weighted by Gasteiger charge is -2.10. The quantitative estimate of drug-likeness (QED) is 0.574. The number of nitrogens with zero attached hydrogens (tertiary/aromatic N) is 1. The van der Waals surface area contributed by atoms with Crippen molar-refractivity contribution in [2.75, 3.05) is 13.2 Å². The normalized spacial score (nSPS) is 10.0. The zero-order valence-corrected chi connectivity index (χ0v) is 16.6. The molecule has 3 aromatic carbocycles. The van der Waals surface area contributed by atoms with Gasteiger partial charge in [-0.1, -0.05) is 29.8 Å². The molecule has 1 N–H and O–H groups in total. The summed E-state index contributed by atoms with van der Waals surface area (Å²) in [6.45, 7) is 2.26. The number of amides is 1. The van der Waals surface area contributed by atoms with E-state index >= 15 is 0 Å². The third-order valence-corrected chi connectivity index (χ3v) is 4.14. The van der Waals surface area contributed by atoms with Gasteiger partial charge in [0.2, 0.25) is 0 Å². The Morgan fingerprint density at radius 2 is 1.57 bits per heavy atom. The maximum absolute atomic E-state index is 12.0. The molecule has 0 atom stereocenters. The first-order valence-electron chi connectivity index (χ1n) is 9.45. The highest BCUT2D eigenvalue weighted by atomic mass is 16.5.